The van der Waals surface area contributed by atoms with Crippen LogP contribution in [0.5, 0.6) is 11.5 Å². The third kappa shape index (κ3) is 1.16. The van der Waals surface area contributed by atoms with E-state index in [2.05, 4.69) is 22.0 Å². The topological polar surface area (TPSA) is 40.5 Å². The summed E-state index contributed by atoms with van der Waals surface area (Å²) in [6.07, 6.45) is 0. The summed E-state index contributed by atoms with van der Waals surface area (Å²) in [5.41, 5.74) is 0. The summed E-state index contributed by atoms with van der Waals surface area (Å²) in [6.45, 7) is 0. The highest BCUT2D eigenvalue weighted by atomic mass is 79.9. The van der Waals surface area contributed by atoms with Crippen LogP contribution in [0.3, 0.4) is 0 Å². The van der Waals surface area contributed by atoms with Crippen molar-refractivity contribution in [2.45, 2.75) is 0 Å². The van der Waals surface area contributed by atoms with Crippen LogP contribution in [0.25, 0.3) is 0 Å². The van der Waals surface area contributed by atoms with E-state index >= 15 is 0 Å². The fourth-order valence-corrected chi connectivity index (χ4v) is 0.704. The number of rotatable bonds is 0. The summed E-state index contributed by atoms with van der Waals surface area (Å²) >= 11 is 2.95. The van der Waals surface area contributed by atoms with Crippen molar-refractivity contribution < 1.29 is 10.2 Å². The molecule has 0 bridgehead atoms. The van der Waals surface area contributed by atoms with Crippen LogP contribution in [-0.2, 0) is 0 Å². The first-order valence-corrected chi connectivity index (χ1v) is 3.09. The highest BCUT2D eigenvalue weighted by molar-refractivity contribution is 9.10. The van der Waals surface area contributed by atoms with Crippen LogP contribution >= 0.6 is 15.9 Å². The largest absolute Gasteiger partial charge is 0.507 e. The van der Waals surface area contributed by atoms with E-state index in [1.54, 1.807) is 0 Å². The Morgan fingerprint density at radius 3 is 2.56 bits per heavy atom. The van der Waals surface area contributed by atoms with Crippen molar-refractivity contribution in [3.05, 3.63) is 22.7 Å². The zero-order valence-electron chi connectivity index (χ0n) is 4.43. The predicted molar refractivity (Wildman–Crippen MR) is 36.3 cm³/mol. The summed E-state index contributed by atoms with van der Waals surface area (Å²) in [4.78, 5) is 0. The van der Waals surface area contributed by atoms with Crippen molar-refractivity contribution in [1.29, 1.82) is 0 Å². The molecule has 0 aliphatic rings. The number of halogens is 1. The lowest BCUT2D eigenvalue weighted by Gasteiger charge is -1.95. The first-order valence-electron chi connectivity index (χ1n) is 2.30. The molecule has 0 heterocycles. The van der Waals surface area contributed by atoms with Gasteiger partial charge >= 0.3 is 0 Å². The minimum absolute atomic E-state index is 0.0197. The van der Waals surface area contributed by atoms with E-state index in [-0.39, 0.29) is 16.0 Å². The third-order valence-electron chi connectivity index (χ3n) is 0.894. The van der Waals surface area contributed by atoms with Crippen molar-refractivity contribution in [3.8, 4) is 11.5 Å². The van der Waals surface area contributed by atoms with E-state index in [1.807, 2.05) is 0 Å². The molecule has 9 heavy (non-hydrogen) atoms. The molecule has 1 radical (unpaired) electrons. The SMILES string of the molecule is Oc1[c]ccc(O)c1Br. The van der Waals surface area contributed by atoms with Crippen molar-refractivity contribution in [1.82, 2.24) is 0 Å². The molecule has 0 atom stereocenters. The van der Waals surface area contributed by atoms with Crippen molar-refractivity contribution in [2.75, 3.05) is 0 Å². The fraction of sp³-hybridized carbons (Fsp3) is 0. The van der Waals surface area contributed by atoms with E-state index in [9.17, 15) is 0 Å². The molecular formula is C6H4BrO2. The van der Waals surface area contributed by atoms with Gasteiger partial charge in [0.25, 0.3) is 0 Å². The molecule has 0 fully saturated rings. The third-order valence-corrected chi connectivity index (χ3v) is 1.68. The van der Waals surface area contributed by atoms with Gasteiger partial charge in [0.2, 0.25) is 0 Å². The number of benzene rings is 1. The molecule has 1 rings (SSSR count). The summed E-state index contributed by atoms with van der Waals surface area (Å²) in [6, 6.07) is 5.36. The Bertz CT molecular complexity index is 202. The molecular weight excluding hydrogens is 184 g/mol. The van der Waals surface area contributed by atoms with Crippen LogP contribution in [0.2, 0.25) is 0 Å². The smallest absolute Gasteiger partial charge is 0.141 e. The second-order valence-corrected chi connectivity index (χ2v) is 2.32. The fourth-order valence-electron chi connectivity index (χ4n) is 0.457. The van der Waals surface area contributed by atoms with E-state index in [4.69, 9.17) is 10.2 Å². The van der Waals surface area contributed by atoms with Crippen LogP contribution in [0.4, 0.5) is 0 Å². The minimum atomic E-state index is -0.0741. The van der Waals surface area contributed by atoms with Gasteiger partial charge in [-0.1, -0.05) is 0 Å². The molecule has 0 saturated heterocycles. The first kappa shape index (κ1) is 6.42. The van der Waals surface area contributed by atoms with E-state index in [0.717, 1.165) is 0 Å². The van der Waals surface area contributed by atoms with Gasteiger partial charge in [-0.2, -0.15) is 0 Å². The van der Waals surface area contributed by atoms with Gasteiger partial charge in [-0.05, 0) is 28.1 Å². The number of phenolic OH excluding ortho intramolecular Hbond substituents is 2. The van der Waals surface area contributed by atoms with Gasteiger partial charge < -0.3 is 10.2 Å². The Hall–Kier alpha value is -0.700. The van der Waals surface area contributed by atoms with Gasteiger partial charge in [0.1, 0.15) is 16.0 Å². The van der Waals surface area contributed by atoms with Gasteiger partial charge in [0.05, 0.1) is 0 Å². The molecule has 0 unspecified atom stereocenters. The molecule has 0 amide bonds. The zero-order valence-corrected chi connectivity index (χ0v) is 6.01. The first-order chi connectivity index (χ1) is 4.22. The predicted octanol–water partition coefficient (Wildman–Crippen LogP) is 1.66. The number of phenols is 2. The standard InChI is InChI=1S/C6H4BrO2/c7-6-4(8)2-1-3-5(6)9/h1-2,8-9H. The molecule has 0 spiro atoms. The maximum atomic E-state index is 8.87. The molecule has 2 nitrogen and oxygen atoms in total. The molecule has 3 heteroatoms. The van der Waals surface area contributed by atoms with Gasteiger partial charge in [0.15, 0.2) is 0 Å². The van der Waals surface area contributed by atoms with Gasteiger partial charge in [0, 0.05) is 6.07 Å². The highest BCUT2D eigenvalue weighted by Gasteiger charge is 2.00. The van der Waals surface area contributed by atoms with E-state index in [0.29, 0.717) is 0 Å². The summed E-state index contributed by atoms with van der Waals surface area (Å²) in [5, 5.41) is 17.7. The Morgan fingerprint density at radius 2 is 2.11 bits per heavy atom. The van der Waals surface area contributed by atoms with Crippen LogP contribution in [0.1, 0.15) is 0 Å². The number of hydrogen-bond acceptors (Lipinski definition) is 2. The maximum absolute atomic E-state index is 8.87. The van der Waals surface area contributed by atoms with Gasteiger partial charge in [-0.25, -0.2) is 0 Å². The Balaban J connectivity index is 3.25. The summed E-state index contributed by atoms with van der Waals surface area (Å²) in [5.74, 6) is -0.0544. The lowest BCUT2D eigenvalue weighted by Crippen LogP contribution is -1.68. The molecule has 0 aliphatic carbocycles. The van der Waals surface area contributed by atoms with Crippen LogP contribution in [0.15, 0.2) is 16.6 Å². The highest BCUT2D eigenvalue weighted by Crippen LogP contribution is 2.30. The number of aromatic hydroxyl groups is 2. The minimum Gasteiger partial charge on any atom is -0.507 e. The Labute approximate surface area is 60.9 Å². The van der Waals surface area contributed by atoms with Gasteiger partial charge in [-0.15, -0.1) is 0 Å². The average molecular weight is 188 g/mol. The molecule has 1 aromatic carbocycles. The van der Waals surface area contributed by atoms with Crippen LogP contribution in [-0.4, -0.2) is 10.2 Å². The molecule has 0 aromatic heterocycles. The van der Waals surface area contributed by atoms with E-state index < -0.39 is 0 Å². The normalized spacial score (nSPS) is 9.44. The lowest BCUT2D eigenvalue weighted by atomic mass is 10.3. The van der Waals surface area contributed by atoms with E-state index in [1.165, 1.54) is 12.1 Å². The Kier molecular flexibility index (Phi) is 1.62. The Morgan fingerprint density at radius 1 is 1.44 bits per heavy atom. The average Bonchev–Trinajstić information content (AvgIpc) is 1.83. The van der Waals surface area contributed by atoms with Crippen molar-refractivity contribution in [2.24, 2.45) is 0 Å². The second kappa shape index (κ2) is 2.27. The monoisotopic (exact) mass is 187 g/mol. The lowest BCUT2D eigenvalue weighted by molar-refractivity contribution is 0.444. The molecule has 1 aromatic rings. The summed E-state index contributed by atoms with van der Waals surface area (Å²) in [7, 11) is 0. The maximum Gasteiger partial charge on any atom is 0.141 e. The molecule has 47 valence electrons. The van der Waals surface area contributed by atoms with Crippen LogP contribution in [0, 0.1) is 6.07 Å². The van der Waals surface area contributed by atoms with Crippen molar-refractivity contribution in [3.63, 3.8) is 0 Å². The molecule has 0 saturated carbocycles. The van der Waals surface area contributed by atoms with Gasteiger partial charge in [-0.3, -0.25) is 0 Å². The molecule has 2 N–H and O–H groups in total. The zero-order chi connectivity index (χ0) is 6.85. The second-order valence-electron chi connectivity index (χ2n) is 1.53. The molecule has 0 aliphatic heterocycles. The van der Waals surface area contributed by atoms with Crippen LogP contribution < -0.4 is 0 Å². The quantitative estimate of drug-likeness (QED) is 0.649. The number of hydrogen-bond donors (Lipinski definition) is 2. The summed E-state index contributed by atoms with van der Waals surface area (Å²) < 4.78 is 0.282. The van der Waals surface area contributed by atoms with Crippen molar-refractivity contribution >= 4 is 15.9 Å².